The Morgan fingerprint density at radius 3 is 2.39 bits per heavy atom. The van der Waals surface area contributed by atoms with Gasteiger partial charge in [0.25, 0.3) is 0 Å². The summed E-state index contributed by atoms with van der Waals surface area (Å²) in [5, 5.41) is 8.36. The van der Waals surface area contributed by atoms with Gasteiger partial charge in [0.15, 0.2) is 0 Å². The van der Waals surface area contributed by atoms with Gasteiger partial charge in [0.1, 0.15) is 12.2 Å². The largest absolute Gasteiger partial charge is 0.369 e. The highest BCUT2D eigenvalue weighted by molar-refractivity contribution is 5.95. The smallest absolute Gasteiger partial charge is 0.121 e. The molecule has 1 atom stereocenters. The summed E-state index contributed by atoms with van der Waals surface area (Å²) in [6.45, 7) is 15.9. The van der Waals surface area contributed by atoms with Crippen molar-refractivity contribution in [2.24, 2.45) is 10.4 Å². The van der Waals surface area contributed by atoms with Gasteiger partial charge in [0, 0.05) is 30.9 Å². The highest BCUT2D eigenvalue weighted by atomic mass is 15.0. The molecular formula is C33H45N5. The Morgan fingerprint density at radius 1 is 0.947 bits per heavy atom. The van der Waals surface area contributed by atoms with E-state index in [1.807, 2.05) is 0 Å². The Hall–Kier alpha value is -3.05. The fourth-order valence-electron chi connectivity index (χ4n) is 5.04. The third-order valence-corrected chi connectivity index (χ3v) is 7.38. The molecule has 2 N–H and O–H groups in total. The highest BCUT2D eigenvalue weighted by Crippen LogP contribution is 2.28. The highest BCUT2D eigenvalue weighted by Gasteiger charge is 2.21. The molecule has 0 saturated heterocycles. The number of hydrogen-bond acceptors (Lipinski definition) is 5. The fraction of sp³-hybridized carbons (Fsp3) is 0.485. The topological polar surface area (TPSA) is 62.2 Å². The number of aryl methyl sites for hydroxylation is 2. The van der Waals surface area contributed by atoms with Crippen molar-refractivity contribution in [1.29, 1.82) is 0 Å². The zero-order chi connectivity index (χ0) is 27.1. The maximum atomic E-state index is 4.71. The Labute approximate surface area is 229 Å². The second-order valence-electron chi connectivity index (χ2n) is 11.7. The molecule has 0 fully saturated rings. The van der Waals surface area contributed by atoms with Gasteiger partial charge in [-0.25, -0.2) is 9.97 Å². The number of nitrogens with one attached hydrogen (secondary N) is 2. The van der Waals surface area contributed by atoms with Crippen LogP contribution in [0.5, 0.6) is 0 Å². The number of aromatic nitrogens is 2. The second-order valence-corrected chi connectivity index (χ2v) is 11.7. The predicted molar refractivity (Wildman–Crippen MR) is 161 cm³/mol. The summed E-state index contributed by atoms with van der Waals surface area (Å²) in [7, 11) is 0. The molecule has 3 aromatic rings. The Bertz CT molecular complexity index is 1300. The predicted octanol–water partition coefficient (Wildman–Crippen LogP) is 6.58. The van der Waals surface area contributed by atoms with Crippen LogP contribution in [0.3, 0.4) is 0 Å². The van der Waals surface area contributed by atoms with E-state index < -0.39 is 0 Å². The van der Waals surface area contributed by atoms with Crippen LogP contribution in [0, 0.1) is 5.41 Å². The minimum Gasteiger partial charge on any atom is -0.369 e. The molecule has 0 spiro atoms. The molecule has 0 amide bonds. The Kier molecular flexibility index (Phi) is 9.32. The quantitative estimate of drug-likeness (QED) is 0.305. The summed E-state index contributed by atoms with van der Waals surface area (Å²) in [6.07, 6.45) is 9.26. The van der Waals surface area contributed by atoms with Crippen molar-refractivity contribution in [3.05, 3.63) is 82.3 Å². The van der Waals surface area contributed by atoms with Crippen LogP contribution in [0.15, 0.2) is 59.4 Å². The van der Waals surface area contributed by atoms with Crippen LogP contribution in [0.1, 0.15) is 82.3 Å². The maximum Gasteiger partial charge on any atom is 0.121 e. The van der Waals surface area contributed by atoms with Crippen molar-refractivity contribution in [1.82, 2.24) is 20.6 Å². The van der Waals surface area contributed by atoms with Crippen LogP contribution < -0.4 is 10.6 Å². The third kappa shape index (κ3) is 7.28. The van der Waals surface area contributed by atoms with Gasteiger partial charge in [0.2, 0.25) is 0 Å². The maximum absolute atomic E-state index is 4.71. The number of amidine groups is 1. The van der Waals surface area contributed by atoms with Gasteiger partial charge >= 0.3 is 0 Å². The molecule has 4 rings (SSSR count). The molecule has 0 bridgehead atoms. The molecule has 0 saturated carbocycles. The molecule has 1 aromatic heterocycles. The van der Waals surface area contributed by atoms with E-state index in [2.05, 4.69) is 105 Å². The van der Waals surface area contributed by atoms with Crippen molar-refractivity contribution in [3.8, 4) is 0 Å². The average Bonchev–Trinajstić information content (AvgIpc) is 3.38. The van der Waals surface area contributed by atoms with E-state index in [-0.39, 0.29) is 5.41 Å². The first-order valence-electron chi connectivity index (χ1n) is 14.3. The number of nitrogens with zero attached hydrogens (tertiary/aromatic N) is 3. The van der Waals surface area contributed by atoms with E-state index in [0.717, 1.165) is 68.8 Å². The molecule has 0 aliphatic carbocycles. The Balaban J connectivity index is 1.38. The molecule has 202 valence electrons. The third-order valence-electron chi connectivity index (χ3n) is 7.38. The van der Waals surface area contributed by atoms with Gasteiger partial charge in [0.05, 0.1) is 17.8 Å². The molecule has 5 heteroatoms. The molecule has 1 unspecified atom stereocenters. The number of benzene rings is 2. The lowest BCUT2D eigenvalue weighted by molar-refractivity contribution is 0.499. The van der Waals surface area contributed by atoms with Crippen LogP contribution in [0.2, 0.25) is 0 Å². The lowest BCUT2D eigenvalue weighted by Crippen LogP contribution is -2.37. The van der Waals surface area contributed by atoms with Crippen molar-refractivity contribution in [3.63, 3.8) is 0 Å². The second kappa shape index (κ2) is 12.7. The monoisotopic (exact) mass is 511 g/mol. The SMILES string of the molecule is CCCc1cc2ncnc(Cc3cccc(CNC(C)CNC4=NCC(C(C)(C)C)=C4)c3)c2cc1CCC. The summed E-state index contributed by atoms with van der Waals surface area (Å²) in [6, 6.07) is 13.8. The summed E-state index contributed by atoms with van der Waals surface area (Å²) >= 11 is 0. The Morgan fingerprint density at radius 2 is 1.68 bits per heavy atom. The molecule has 5 nitrogen and oxygen atoms in total. The molecule has 1 aliphatic rings. The van der Waals surface area contributed by atoms with Gasteiger partial charge in [-0.3, -0.25) is 4.99 Å². The first kappa shape index (κ1) is 28.0. The van der Waals surface area contributed by atoms with Crippen LogP contribution >= 0.6 is 0 Å². The zero-order valence-corrected chi connectivity index (χ0v) is 24.2. The summed E-state index contributed by atoms with van der Waals surface area (Å²) in [5.74, 6) is 1.01. The van der Waals surface area contributed by atoms with E-state index in [1.54, 1.807) is 6.33 Å². The van der Waals surface area contributed by atoms with Crippen molar-refractivity contribution < 1.29 is 0 Å². The minimum atomic E-state index is 0.176. The molecular weight excluding hydrogens is 466 g/mol. The van der Waals surface area contributed by atoms with Crippen molar-refractivity contribution in [2.45, 2.75) is 86.2 Å². The van der Waals surface area contributed by atoms with Gasteiger partial charge in [-0.1, -0.05) is 71.7 Å². The van der Waals surface area contributed by atoms with E-state index in [1.165, 1.54) is 33.2 Å². The summed E-state index contributed by atoms with van der Waals surface area (Å²) < 4.78 is 0. The molecule has 2 aromatic carbocycles. The van der Waals surface area contributed by atoms with Crippen molar-refractivity contribution in [2.75, 3.05) is 13.1 Å². The molecule has 1 aliphatic heterocycles. The van der Waals surface area contributed by atoms with E-state index >= 15 is 0 Å². The standard InChI is InChI=1S/C33H45N5/c1-7-10-26-16-29-30(37-22-38-31(29)17-27(26)11-8-2)15-24-12-9-13-25(14-24)20-34-23(3)19-35-32-18-28(21-36-32)33(4,5)6/h9,12-14,16-18,22-23,34H,7-8,10-11,15,19-21H2,1-6H3,(H,35,36). The first-order chi connectivity index (χ1) is 18.3. The van der Waals surface area contributed by atoms with Gasteiger partial charge < -0.3 is 10.6 Å². The van der Waals surface area contributed by atoms with Gasteiger partial charge in [-0.05, 0) is 71.2 Å². The number of fused-ring (bicyclic) bond motifs is 1. The van der Waals surface area contributed by atoms with Gasteiger partial charge in [-0.15, -0.1) is 0 Å². The summed E-state index contributed by atoms with van der Waals surface area (Å²) in [5.41, 5.74) is 9.20. The van der Waals surface area contributed by atoms with E-state index in [4.69, 9.17) is 4.98 Å². The van der Waals surface area contributed by atoms with Crippen LogP contribution in [0.25, 0.3) is 10.9 Å². The minimum absolute atomic E-state index is 0.176. The summed E-state index contributed by atoms with van der Waals surface area (Å²) in [4.78, 5) is 14.0. The number of aliphatic imine (C=N–C) groups is 1. The lowest BCUT2D eigenvalue weighted by Gasteiger charge is -2.19. The van der Waals surface area contributed by atoms with E-state index in [0.29, 0.717) is 6.04 Å². The lowest BCUT2D eigenvalue weighted by atomic mass is 9.87. The number of hydrogen-bond donors (Lipinski definition) is 2. The average molecular weight is 512 g/mol. The van der Waals surface area contributed by atoms with Crippen LogP contribution in [0.4, 0.5) is 0 Å². The fourth-order valence-corrected chi connectivity index (χ4v) is 5.04. The molecule has 38 heavy (non-hydrogen) atoms. The number of rotatable bonds is 11. The van der Waals surface area contributed by atoms with E-state index in [9.17, 15) is 0 Å². The first-order valence-corrected chi connectivity index (χ1v) is 14.3. The van der Waals surface area contributed by atoms with Crippen LogP contribution in [-0.4, -0.2) is 34.9 Å². The van der Waals surface area contributed by atoms with Crippen molar-refractivity contribution >= 4 is 16.7 Å². The normalized spacial score (nSPS) is 14.5. The zero-order valence-electron chi connectivity index (χ0n) is 24.2. The van der Waals surface area contributed by atoms with Crippen LogP contribution in [-0.2, 0) is 25.8 Å². The molecule has 0 radical (unpaired) electrons. The van der Waals surface area contributed by atoms with Gasteiger partial charge in [-0.2, -0.15) is 0 Å². The molecule has 2 heterocycles.